The highest BCUT2D eigenvalue weighted by Gasteiger charge is 2.31. The van der Waals surface area contributed by atoms with E-state index in [2.05, 4.69) is 30.8 Å². The van der Waals surface area contributed by atoms with Crippen LogP contribution in [0.5, 0.6) is 0 Å². The number of fused-ring (bicyclic) bond motifs is 1. The highest BCUT2D eigenvalue weighted by molar-refractivity contribution is 7.15. The van der Waals surface area contributed by atoms with Gasteiger partial charge in [-0.3, -0.25) is 4.79 Å². The van der Waals surface area contributed by atoms with E-state index in [1.54, 1.807) is 11.3 Å². The molecule has 0 aliphatic heterocycles. The molecule has 0 amide bonds. The maximum Gasteiger partial charge on any atom is 0.312 e. The Morgan fingerprint density at radius 2 is 2.21 bits per heavy atom. The lowest BCUT2D eigenvalue weighted by molar-refractivity contribution is -0.139. The van der Waals surface area contributed by atoms with Crippen LogP contribution in [0.3, 0.4) is 0 Å². The number of carboxylic acids is 1. The molecule has 0 radical (unpaired) electrons. The van der Waals surface area contributed by atoms with Crippen molar-refractivity contribution in [1.29, 1.82) is 0 Å². The van der Waals surface area contributed by atoms with Crippen molar-refractivity contribution in [2.45, 2.75) is 57.9 Å². The third-order valence-corrected chi connectivity index (χ3v) is 5.25. The Bertz CT molecular complexity index is 454. The van der Waals surface area contributed by atoms with Crippen LogP contribution in [-0.4, -0.2) is 29.1 Å². The van der Waals surface area contributed by atoms with E-state index < -0.39 is 11.9 Å². The third kappa shape index (κ3) is 2.76. The monoisotopic (exact) mass is 282 g/mol. The predicted octanol–water partition coefficient (Wildman–Crippen LogP) is 3.27. The van der Waals surface area contributed by atoms with Crippen molar-refractivity contribution in [2.75, 3.05) is 11.9 Å². The Labute approximate surface area is 118 Å². The molecule has 1 aliphatic rings. The van der Waals surface area contributed by atoms with E-state index in [1.165, 1.54) is 4.88 Å². The predicted molar refractivity (Wildman–Crippen MR) is 78.2 cm³/mol. The second-order valence-electron chi connectivity index (χ2n) is 5.17. The van der Waals surface area contributed by atoms with E-state index in [0.717, 1.165) is 42.9 Å². The minimum atomic E-state index is -0.733. The van der Waals surface area contributed by atoms with Gasteiger partial charge in [0.2, 0.25) is 0 Å². The van der Waals surface area contributed by atoms with E-state index in [-0.39, 0.29) is 0 Å². The molecule has 5 heteroatoms. The molecule has 1 unspecified atom stereocenters. The van der Waals surface area contributed by atoms with Crippen molar-refractivity contribution in [1.82, 2.24) is 4.98 Å². The summed E-state index contributed by atoms with van der Waals surface area (Å²) in [5, 5.41) is 10.3. The molecule has 0 fully saturated rings. The number of hydrogen-bond acceptors (Lipinski definition) is 4. The average molecular weight is 282 g/mol. The van der Waals surface area contributed by atoms with Crippen molar-refractivity contribution in [2.24, 2.45) is 0 Å². The van der Waals surface area contributed by atoms with Crippen LogP contribution in [0, 0.1) is 0 Å². The second-order valence-corrected chi connectivity index (χ2v) is 6.23. The van der Waals surface area contributed by atoms with Gasteiger partial charge in [0.05, 0.1) is 5.69 Å². The number of thiazole rings is 1. The Hall–Kier alpha value is -1.10. The van der Waals surface area contributed by atoms with Crippen molar-refractivity contribution in [3.8, 4) is 0 Å². The molecule has 0 saturated heterocycles. The van der Waals surface area contributed by atoms with Gasteiger partial charge in [0, 0.05) is 18.0 Å². The van der Waals surface area contributed by atoms with Gasteiger partial charge in [-0.15, -0.1) is 11.3 Å². The lowest BCUT2D eigenvalue weighted by Gasteiger charge is -2.25. The van der Waals surface area contributed by atoms with Crippen LogP contribution >= 0.6 is 11.3 Å². The highest BCUT2D eigenvalue weighted by Crippen LogP contribution is 2.38. The first-order chi connectivity index (χ1) is 9.08. The number of carboxylic acid groups (broad SMARTS) is 1. The first-order valence-electron chi connectivity index (χ1n) is 7.03. The van der Waals surface area contributed by atoms with Crippen LogP contribution in [0.25, 0.3) is 0 Å². The van der Waals surface area contributed by atoms with Crippen LogP contribution < -0.4 is 4.90 Å². The average Bonchev–Trinajstić information content (AvgIpc) is 2.83. The van der Waals surface area contributed by atoms with Gasteiger partial charge in [-0.1, -0.05) is 13.8 Å². The summed E-state index contributed by atoms with van der Waals surface area (Å²) >= 11 is 1.68. The van der Waals surface area contributed by atoms with E-state index in [1.807, 2.05) is 0 Å². The summed E-state index contributed by atoms with van der Waals surface area (Å²) in [4.78, 5) is 19.3. The smallest absolute Gasteiger partial charge is 0.312 e. The van der Waals surface area contributed by atoms with Crippen molar-refractivity contribution in [3.63, 3.8) is 0 Å². The Morgan fingerprint density at radius 1 is 1.53 bits per heavy atom. The molecule has 0 aromatic carbocycles. The fraction of sp³-hybridized carbons (Fsp3) is 0.714. The fourth-order valence-electron chi connectivity index (χ4n) is 2.79. The zero-order chi connectivity index (χ0) is 14.0. The summed E-state index contributed by atoms with van der Waals surface area (Å²) in [5.41, 5.74) is 0.816. The van der Waals surface area contributed by atoms with Gasteiger partial charge in [-0.25, -0.2) is 4.98 Å². The van der Waals surface area contributed by atoms with E-state index in [0.29, 0.717) is 6.04 Å². The number of aromatic nitrogens is 1. The van der Waals surface area contributed by atoms with Crippen molar-refractivity contribution >= 4 is 22.4 Å². The number of hydrogen-bond donors (Lipinski definition) is 1. The maximum absolute atomic E-state index is 11.3. The molecule has 1 atom stereocenters. The van der Waals surface area contributed by atoms with E-state index in [9.17, 15) is 9.90 Å². The van der Waals surface area contributed by atoms with Gasteiger partial charge >= 0.3 is 5.97 Å². The number of aliphatic carboxylic acids is 1. The third-order valence-electron chi connectivity index (χ3n) is 4.03. The summed E-state index contributed by atoms with van der Waals surface area (Å²) in [6, 6.07) is 0.482. The van der Waals surface area contributed by atoms with Gasteiger partial charge in [0.25, 0.3) is 0 Å². The Balaban J connectivity index is 2.28. The van der Waals surface area contributed by atoms with Crippen LogP contribution in [0.15, 0.2) is 0 Å². The highest BCUT2D eigenvalue weighted by atomic mass is 32.1. The molecule has 1 N–H and O–H groups in total. The molecular weight excluding hydrogens is 260 g/mol. The summed E-state index contributed by atoms with van der Waals surface area (Å²) in [5.74, 6) is -1.13. The first kappa shape index (κ1) is 14.3. The molecule has 19 heavy (non-hydrogen) atoms. The quantitative estimate of drug-likeness (QED) is 0.900. The van der Waals surface area contributed by atoms with Crippen LogP contribution in [0.1, 0.15) is 56.0 Å². The lowest BCUT2D eigenvalue weighted by Crippen LogP contribution is -2.30. The van der Waals surface area contributed by atoms with Gasteiger partial charge in [0.15, 0.2) is 5.13 Å². The number of carbonyl (C=O) groups is 1. The molecule has 0 saturated carbocycles. The van der Waals surface area contributed by atoms with Crippen LogP contribution in [-0.2, 0) is 11.2 Å². The summed E-state index contributed by atoms with van der Waals surface area (Å²) in [6.07, 6.45) is 4.83. The van der Waals surface area contributed by atoms with E-state index in [4.69, 9.17) is 0 Å². The molecule has 4 nitrogen and oxygen atoms in total. The molecular formula is C14H22N2O2S. The van der Waals surface area contributed by atoms with Crippen molar-refractivity contribution < 1.29 is 9.90 Å². The number of aryl methyl sites for hydroxylation is 1. The molecule has 0 bridgehead atoms. The minimum absolute atomic E-state index is 0.399. The second kappa shape index (κ2) is 5.90. The Morgan fingerprint density at radius 3 is 2.79 bits per heavy atom. The maximum atomic E-state index is 11.3. The zero-order valence-electron chi connectivity index (χ0n) is 11.8. The summed E-state index contributed by atoms with van der Waals surface area (Å²) in [7, 11) is 2.07. The molecule has 1 heterocycles. The fourth-order valence-corrected chi connectivity index (χ4v) is 3.99. The van der Waals surface area contributed by atoms with Crippen LogP contribution in [0.2, 0.25) is 0 Å². The molecule has 1 aliphatic carbocycles. The van der Waals surface area contributed by atoms with Gasteiger partial charge < -0.3 is 10.0 Å². The number of nitrogens with zero attached hydrogens (tertiary/aromatic N) is 2. The molecule has 1 aromatic heterocycles. The summed E-state index contributed by atoms with van der Waals surface area (Å²) < 4.78 is 0. The topological polar surface area (TPSA) is 53.4 Å². The van der Waals surface area contributed by atoms with E-state index >= 15 is 0 Å². The zero-order valence-corrected chi connectivity index (χ0v) is 12.7. The molecule has 1 aromatic rings. The van der Waals surface area contributed by atoms with Crippen LogP contribution in [0.4, 0.5) is 5.13 Å². The van der Waals surface area contributed by atoms with Crippen molar-refractivity contribution in [3.05, 3.63) is 10.6 Å². The molecule has 106 valence electrons. The molecule has 2 rings (SSSR count). The Kier molecular flexibility index (Phi) is 4.45. The first-order valence-corrected chi connectivity index (χ1v) is 7.85. The summed E-state index contributed by atoms with van der Waals surface area (Å²) in [6.45, 7) is 4.36. The number of rotatable bonds is 5. The minimum Gasteiger partial charge on any atom is -0.481 e. The standard InChI is InChI=1S/C14H22N2O2S/c1-4-9(5-2)16(3)14-15-12-10(13(17)18)7-6-8-11(12)19-14/h9-10H,4-8H2,1-3H3,(H,17,18). The van der Waals surface area contributed by atoms with Gasteiger partial charge in [-0.05, 0) is 32.1 Å². The largest absolute Gasteiger partial charge is 0.481 e. The normalized spacial score (nSPS) is 18.4. The molecule has 0 spiro atoms. The van der Waals surface area contributed by atoms with Gasteiger partial charge in [-0.2, -0.15) is 0 Å². The SMILES string of the molecule is CCC(CC)N(C)c1nc2c(s1)CCCC2C(=O)O. The number of anilines is 1. The van der Waals surface area contributed by atoms with Gasteiger partial charge in [0.1, 0.15) is 5.92 Å². The lowest BCUT2D eigenvalue weighted by atomic mass is 9.91.